The van der Waals surface area contributed by atoms with Crippen molar-refractivity contribution in [2.24, 2.45) is 0 Å². The number of hydrogen-bond acceptors (Lipinski definition) is 15. The molecule has 0 aromatic carbocycles. The van der Waals surface area contributed by atoms with E-state index in [2.05, 4.69) is 101 Å². The quantitative estimate of drug-likeness (QED) is 0.0169. The highest BCUT2D eigenvalue weighted by molar-refractivity contribution is 7.47. The van der Waals surface area contributed by atoms with Gasteiger partial charge in [-0.2, -0.15) is 0 Å². The lowest BCUT2D eigenvalue weighted by Crippen LogP contribution is -2.30. The zero-order chi connectivity index (χ0) is 74.6. The number of phosphoric acid groups is 2. The lowest BCUT2D eigenvalue weighted by atomic mass is 10.0. The number of carbonyl (C=O) groups excluding carboxylic acids is 4. The summed E-state index contributed by atoms with van der Waals surface area (Å²) in [5.41, 5.74) is 0. The van der Waals surface area contributed by atoms with Crippen LogP contribution in [-0.2, 0) is 65.4 Å². The minimum atomic E-state index is -4.99. The molecule has 0 heterocycles. The number of esters is 4. The molecule has 0 aliphatic rings. The Balaban J connectivity index is 5.41. The third-order valence-corrected chi connectivity index (χ3v) is 19.2. The fourth-order valence-corrected chi connectivity index (χ4v) is 12.6. The highest BCUT2D eigenvalue weighted by atomic mass is 31.2. The molecule has 2 unspecified atom stereocenters. The molecule has 5 atom stereocenters. The van der Waals surface area contributed by atoms with Crippen LogP contribution in [0.1, 0.15) is 362 Å². The first-order chi connectivity index (χ1) is 49.7. The molecule has 0 aliphatic heterocycles. The van der Waals surface area contributed by atoms with Crippen LogP contribution in [0.15, 0.2) is 85.1 Å². The summed E-state index contributed by atoms with van der Waals surface area (Å²) in [6.45, 7) is 4.79. The molecule has 0 saturated heterocycles. The largest absolute Gasteiger partial charge is 0.472 e. The molecule has 592 valence electrons. The number of allylic oxidation sites excluding steroid dienone is 14. The SMILES string of the molecule is CCCCC/C=C\C/C=C\C/C=C\C/C=C\CCCC(=O)O[C@H](COC(=O)CCCCCCCCCCCCCCCCC)COP(=O)(O)OC[C@@H](O)COP(=O)(O)OC[C@@H](COC(=O)CCCCCCC/C=C\CCCCCCCC)OC(=O)CCCCCCC/C=C\C/C=C\CCCCC. The third kappa shape index (κ3) is 74.5. The Labute approximate surface area is 621 Å². The van der Waals surface area contributed by atoms with E-state index in [1.807, 2.05) is 12.2 Å². The van der Waals surface area contributed by atoms with Crippen LogP contribution in [0.2, 0.25) is 0 Å². The van der Waals surface area contributed by atoms with Crippen molar-refractivity contribution < 1.29 is 80.2 Å². The standard InChI is InChI=1S/C83H148O17P2/c1-5-9-13-17-21-25-29-33-37-38-42-46-50-54-58-62-66-70-83(88)100-79(74-94-81(86)68-64-60-56-52-48-44-40-35-31-27-23-19-15-11-7-3)76-98-102(91,92)96-72-77(84)71-95-101(89,90)97-75-78(99-82(87)69-65-61-57-53-49-45-41-36-32-28-24-20-16-12-8-4)73-93-80(85)67-63-59-55-51-47-43-39-34-30-26-22-18-14-10-6-2/h21,24-25,28,33-34,36-37,39,41-42,46,54,58,77-79,84H,5-20,22-23,26-27,29-32,35,38,40,43-45,47-53,55-57,59-76H2,1-4H3,(H,89,90)(H,91,92)/b25-21-,28-24-,37-33-,39-34-,41-36-,46-42-,58-54-/t77-,78+,79+/m0/s1. The predicted octanol–water partition coefficient (Wildman–Crippen LogP) is 23.8. The molecule has 0 saturated carbocycles. The molecule has 0 fully saturated rings. The number of carbonyl (C=O) groups is 4. The Morgan fingerprint density at radius 3 is 0.804 bits per heavy atom. The molecule has 3 N–H and O–H groups in total. The Morgan fingerprint density at radius 2 is 0.490 bits per heavy atom. The first-order valence-corrected chi connectivity index (χ1v) is 43.8. The summed E-state index contributed by atoms with van der Waals surface area (Å²) >= 11 is 0. The van der Waals surface area contributed by atoms with Gasteiger partial charge in [0.2, 0.25) is 0 Å². The second-order valence-corrected chi connectivity index (χ2v) is 30.3. The summed E-state index contributed by atoms with van der Waals surface area (Å²) in [6.07, 6.45) is 78.5. The molecule has 0 amide bonds. The number of unbranched alkanes of at least 4 members (excludes halogenated alkanes) is 37. The van der Waals surface area contributed by atoms with Crippen molar-refractivity contribution in [2.45, 2.75) is 380 Å². The molecule has 0 radical (unpaired) electrons. The summed E-state index contributed by atoms with van der Waals surface area (Å²) in [6, 6.07) is 0. The summed E-state index contributed by atoms with van der Waals surface area (Å²) in [5, 5.41) is 10.6. The molecular weight excluding hydrogens is 1330 g/mol. The molecule has 102 heavy (non-hydrogen) atoms. The van der Waals surface area contributed by atoms with Gasteiger partial charge in [-0.25, -0.2) is 9.13 Å². The minimum absolute atomic E-state index is 0.0219. The maximum absolute atomic E-state index is 13.1. The van der Waals surface area contributed by atoms with Gasteiger partial charge in [-0.15, -0.1) is 0 Å². The molecule has 0 spiro atoms. The molecule has 0 rings (SSSR count). The van der Waals surface area contributed by atoms with Crippen molar-refractivity contribution in [3.8, 4) is 0 Å². The van der Waals surface area contributed by atoms with E-state index >= 15 is 0 Å². The lowest BCUT2D eigenvalue weighted by Gasteiger charge is -2.21. The van der Waals surface area contributed by atoms with Crippen LogP contribution in [0.4, 0.5) is 0 Å². The summed E-state index contributed by atoms with van der Waals surface area (Å²) < 4.78 is 68.6. The Kier molecular flexibility index (Phi) is 72.7. The van der Waals surface area contributed by atoms with E-state index in [-0.39, 0.29) is 25.7 Å². The second-order valence-electron chi connectivity index (χ2n) is 27.4. The first-order valence-electron chi connectivity index (χ1n) is 40.8. The van der Waals surface area contributed by atoms with Crippen molar-refractivity contribution in [1.29, 1.82) is 0 Å². The minimum Gasteiger partial charge on any atom is -0.462 e. The molecule has 19 heteroatoms. The topological polar surface area (TPSA) is 237 Å². The Hall–Kier alpha value is -3.76. The van der Waals surface area contributed by atoms with E-state index in [1.165, 1.54) is 148 Å². The van der Waals surface area contributed by atoms with Crippen LogP contribution in [0, 0.1) is 0 Å². The van der Waals surface area contributed by atoms with Gasteiger partial charge in [0.25, 0.3) is 0 Å². The van der Waals surface area contributed by atoms with Crippen molar-refractivity contribution in [3.05, 3.63) is 85.1 Å². The molecule has 0 aromatic heterocycles. The fourth-order valence-electron chi connectivity index (χ4n) is 11.1. The zero-order valence-electron chi connectivity index (χ0n) is 64.8. The monoisotopic (exact) mass is 1480 g/mol. The van der Waals surface area contributed by atoms with Gasteiger partial charge in [-0.3, -0.25) is 37.3 Å². The van der Waals surface area contributed by atoms with Crippen LogP contribution in [-0.4, -0.2) is 96.7 Å². The van der Waals surface area contributed by atoms with Gasteiger partial charge in [0.05, 0.1) is 26.4 Å². The van der Waals surface area contributed by atoms with Gasteiger partial charge < -0.3 is 33.8 Å². The fraction of sp³-hybridized carbons (Fsp3) is 0.783. The van der Waals surface area contributed by atoms with Gasteiger partial charge in [-0.05, 0) is 122 Å². The number of hydrogen-bond donors (Lipinski definition) is 3. The number of phosphoric ester groups is 2. The van der Waals surface area contributed by atoms with Crippen molar-refractivity contribution >= 4 is 39.5 Å². The molecule has 0 aliphatic carbocycles. The number of ether oxygens (including phenoxy) is 4. The normalized spacial score (nSPS) is 14.3. The second kappa shape index (κ2) is 75.5. The zero-order valence-corrected chi connectivity index (χ0v) is 66.6. The maximum Gasteiger partial charge on any atom is 0.472 e. The van der Waals surface area contributed by atoms with Crippen molar-refractivity contribution in [3.63, 3.8) is 0 Å². The summed E-state index contributed by atoms with van der Waals surface area (Å²) in [5.74, 6) is -2.24. The van der Waals surface area contributed by atoms with E-state index in [9.17, 15) is 43.2 Å². The smallest absolute Gasteiger partial charge is 0.462 e. The van der Waals surface area contributed by atoms with Crippen molar-refractivity contribution in [1.82, 2.24) is 0 Å². The van der Waals surface area contributed by atoms with Crippen molar-refractivity contribution in [2.75, 3.05) is 39.6 Å². The average molecular weight is 1480 g/mol. The van der Waals surface area contributed by atoms with Gasteiger partial charge in [0, 0.05) is 25.7 Å². The maximum atomic E-state index is 13.1. The van der Waals surface area contributed by atoms with E-state index < -0.39 is 97.5 Å². The highest BCUT2D eigenvalue weighted by Crippen LogP contribution is 2.45. The molecule has 17 nitrogen and oxygen atoms in total. The van der Waals surface area contributed by atoms with Gasteiger partial charge in [0.1, 0.15) is 19.3 Å². The van der Waals surface area contributed by atoms with Crippen LogP contribution in [0.5, 0.6) is 0 Å². The van der Waals surface area contributed by atoms with E-state index in [1.54, 1.807) is 0 Å². The van der Waals surface area contributed by atoms with Crippen LogP contribution < -0.4 is 0 Å². The van der Waals surface area contributed by atoms with Crippen LogP contribution >= 0.6 is 15.6 Å². The molecular formula is C83H148O17P2. The molecule has 0 aromatic rings. The number of aliphatic hydroxyl groups is 1. The van der Waals surface area contributed by atoms with Gasteiger partial charge in [0.15, 0.2) is 12.2 Å². The molecule has 0 bridgehead atoms. The van der Waals surface area contributed by atoms with E-state index in [0.717, 1.165) is 128 Å². The number of aliphatic hydroxyl groups excluding tert-OH is 1. The third-order valence-electron chi connectivity index (χ3n) is 17.3. The van der Waals surface area contributed by atoms with Gasteiger partial charge >= 0.3 is 39.5 Å². The lowest BCUT2D eigenvalue weighted by molar-refractivity contribution is -0.161. The highest BCUT2D eigenvalue weighted by Gasteiger charge is 2.30. The van der Waals surface area contributed by atoms with E-state index in [4.69, 9.17) is 37.0 Å². The average Bonchev–Trinajstić information content (AvgIpc) is 0.917. The Bertz CT molecular complexity index is 2260. The number of rotatable bonds is 77. The summed E-state index contributed by atoms with van der Waals surface area (Å²) in [4.78, 5) is 73.0. The predicted molar refractivity (Wildman–Crippen MR) is 418 cm³/mol. The summed E-state index contributed by atoms with van der Waals surface area (Å²) in [7, 11) is -9.97. The first kappa shape index (κ1) is 98.2. The Morgan fingerprint density at radius 1 is 0.275 bits per heavy atom. The van der Waals surface area contributed by atoms with Crippen LogP contribution in [0.25, 0.3) is 0 Å². The van der Waals surface area contributed by atoms with Gasteiger partial charge in [-0.1, -0.05) is 299 Å². The van der Waals surface area contributed by atoms with E-state index in [0.29, 0.717) is 32.1 Å². The van der Waals surface area contributed by atoms with Crippen LogP contribution in [0.3, 0.4) is 0 Å².